The van der Waals surface area contributed by atoms with E-state index >= 15 is 0 Å². The lowest BCUT2D eigenvalue weighted by Gasteiger charge is -2.16. The number of carbonyl (C=O) groups is 1. The fourth-order valence-electron chi connectivity index (χ4n) is 3.43. The van der Waals surface area contributed by atoms with E-state index in [1.54, 1.807) is 18.2 Å². The molecule has 0 bridgehead atoms. The number of anilines is 1. The molecule has 0 fully saturated rings. The molecule has 0 saturated heterocycles. The summed E-state index contributed by atoms with van der Waals surface area (Å²) in [4.78, 5) is 15.3. The van der Waals surface area contributed by atoms with Gasteiger partial charge in [0.1, 0.15) is 0 Å². The Morgan fingerprint density at radius 2 is 2.03 bits per heavy atom. The van der Waals surface area contributed by atoms with Gasteiger partial charge in [-0.05, 0) is 35.5 Å². The number of sulfonamides is 1. The zero-order valence-electron chi connectivity index (χ0n) is 16.7. The maximum atomic E-state index is 12.7. The summed E-state index contributed by atoms with van der Waals surface area (Å²) in [5.74, 6) is -0.995. The van der Waals surface area contributed by atoms with Gasteiger partial charge >= 0.3 is 5.97 Å². The van der Waals surface area contributed by atoms with Gasteiger partial charge in [0.05, 0.1) is 20.7 Å². The zero-order chi connectivity index (χ0) is 23.0. The van der Waals surface area contributed by atoms with Gasteiger partial charge in [0.2, 0.25) is 15.8 Å². The first kappa shape index (κ1) is 22.2. The van der Waals surface area contributed by atoms with E-state index in [0.29, 0.717) is 21.8 Å². The van der Waals surface area contributed by atoms with E-state index in [9.17, 15) is 13.2 Å². The third-order valence-corrected chi connectivity index (χ3v) is 7.17. The van der Waals surface area contributed by atoms with Gasteiger partial charge in [-0.1, -0.05) is 35.6 Å². The van der Waals surface area contributed by atoms with E-state index < -0.39 is 16.0 Å². The molecule has 2 aromatic carbocycles. The largest absolute Gasteiger partial charge is 0.481 e. The Morgan fingerprint density at radius 3 is 2.69 bits per heavy atom. The third kappa shape index (κ3) is 4.19. The lowest BCUT2D eigenvalue weighted by Crippen LogP contribution is -2.17. The van der Waals surface area contributed by atoms with Crippen LogP contribution in [0.1, 0.15) is 12.0 Å². The van der Waals surface area contributed by atoms with Crippen molar-refractivity contribution in [2.45, 2.75) is 17.7 Å². The van der Waals surface area contributed by atoms with Gasteiger partial charge < -0.3 is 10.8 Å². The Morgan fingerprint density at radius 1 is 1.25 bits per heavy atom. The molecule has 2 aromatic heterocycles. The van der Waals surface area contributed by atoms with Gasteiger partial charge in [-0.2, -0.15) is 0 Å². The number of hydrogen-bond acceptors (Lipinski definition) is 9. The second-order valence-electron chi connectivity index (χ2n) is 6.75. The molecule has 0 aliphatic carbocycles. The third-order valence-electron chi connectivity index (χ3n) is 4.69. The van der Waals surface area contributed by atoms with Crippen molar-refractivity contribution in [3.05, 3.63) is 35.9 Å². The quantitative estimate of drug-likeness (QED) is 0.325. The maximum absolute atomic E-state index is 12.7. The summed E-state index contributed by atoms with van der Waals surface area (Å²) in [6.07, 6.45) is -0.304. The Hall–Kier alpha value is -2.99. The Labute approximate surface area is 188 Å². The van der Waals surface area contributed by atoms with Crippen molar-refractivity contribution in [2.24, 2.45) is 5.14 Å². The number of carboxylic acid groups (broad SMARTS) is 1. The van der Waals surface area contributed by atoms with E-state index in [-0.39, 0.29) is 43.4 Å². The highest BCUT2D eigenvalue weighted by molar-refractivity contribution is 7.89. The summed E-state index contributed by atoms with van der Waals surface area (Å²) >= 11 is 1.31. The standard InChI is InChI=1S/C18H18N7O4PS2/c1-30-25-23-17(22-24-25)14-10(11-3-2-4-12-15(11)21-18(19)31-12)7-5-9(6-8-13(26)27)16(14)32(20,28)29/h2-5,7,30H,6,8H2,1H3,(H2,19,21)(H,26,27)(H2,20,28,29). The van der Waals surface area contributed by atoms with Crippen molar-refractivity contribution in [3.63, 3.8) is 0 Å². The van der Waals surface area contributed by atoms with Gasteiger partial charge in [-0.3, -0.25) is 4.79 Å². The number of nitrogen functional groups attached to an aromatic ring is 1. The zero-order valence-corrected chi connectivity index (χ0v) is 19.3. The van der Waals surface area contributed by atoms with Gasteiger partial charge in [-0.25, -0.2) is 18.5 Å². The normalized spacial score (nSPS) is 12.2. The first-order valence-electron chi connectivity index (χ1n) is 9.23. The van der Waals surface area contributed by atoms with E-state index in [4.69, 9.17) is 16.0 Å². The number of thiazole rings is 1. The number of aryl methyl sites for hydroxylation is 1. The monoisotopic (exact) mass is 491 g/mol. The van der Waals surface area contributed by atoms with Crippen molar-refractivity contribution in [2.75, 3.05) is 12.4 Å². The lowest BCUT2D eigenvalue weighted by atomic mass is 9.94. The number of carboxylic acids is 1. The number of nitrogens with zero attached hydrogens (tertiary/aromatic N) is 5. The van der Waals surface area contributed by atoms with Crippen molar-refractivity contribution >= 4 is 51.4 Å². The van der Waals surface area contributed by atoms with Crippen LogP contribution in [0.25, 0.3) is 32.7 Å². The predicted molar refractivity (Wildman–Crippen MR) is 123 cm³/mol. The molecule has 32 heavy (non-hydrogen) atoms. The van der Waals surface area contributed by atoms with E-state index in [1.165, 1.54) is 15.9 Å². The first-order chi connectivity index (χ1) is 15.2. The molecule has 5 N–H and O–H groups in total. The summed E-state index contributed by atoms with van der Waals surface area (Å²) in [5.41, 5.74) is 8.00. The van der Waals surface area contributed by atoms with Crippen LogP contribution in [0.4, 0.5) is 5.13 Å². The fraction of sp³-hybridized carbons (Fsp3) is 0.167. The van der Waals surface area contributed by atoms with Crippen LogP contribution in [0.3, 0.4) is 0 Å². The van der Waals surface area contributed by atoms with Crippen LogP contribution in [0, 0.1) is 0 Å². The summed E-state index contributed by atoms with van der Waals surface area (Å²) < 4.78 is 27.6. The number of benzene rings is 2. The summed E-state index contributed by atoms with van der Waals surface area (Å²) in [7, 11) is -4.12. The second kappa shape index (κ2) is 8.51. The number of nitrogens with two attached hydrogens (primary N) is 2. The minimum Gasteiger partial charge on any atom is -0.481 e. The smallest absolute Gasteiger partial charge is 0.303 e. The van der Waals surface area contributed by atoms with Gasteiger partial charge in [0.15, 0.2) is 5.13 Å². The van der Waals surface area contributed by atoms with Crippen LogP contribution in [-0.4, -0.2) is 51.1 Å². The van der Waals surface area contributed by atoms with Gasteiger partial charge in [-0.15, -0.1) is 14.8 Å². The molecular weight excluding hydrogens is 473 g/mol. The van der Waals surface area contributed by atoms with Crippen LogP contribution < -0.4 is 10.9 Å². The first-order valence-corrected chi connectivity index (χ1v) is 13.0. The summed E-state index contributed by atoms with van der Waals surface area (Å²) in [6, 6.07) is 8.71. The SMILES string of the molecule is CPn1nnc(-c2c(-c3cccc4sc(N)nc34)ccc(CCC(=O)O)c2S(N)(=O)=O)n1. The molecule has 1 atom stereocenters. The highest BCUT2D eigenvalue weighted by Crippen LogP contribution is 2.41. The molecule has 0 spiro atoms. The molecule has 14 heteroatoms. The molecule has 0 amide bonds. The average Bonchev–Trinajstić information content (AvgIpc) is 3.36. The molecule has 0 saturated carbocycles. The van der Waals surface area contributed by atoms with Crippen molar-refractivity contribution in [1.82, 2.24) is 25.0 Å². The highest BCUT2D eigenvalue weighted by atomic mass is 32.2. The number of fused-ring (bicyclic) bond motifs is 1. The minimum absolute atomic E-state index is 0.0358. The lowest BCUT2D eigenvalue weighted by molar-refractivity contribution is -0.136. The maximum Gasteiger partial charge on any atom is 0.303 e. The van der Waals surface area contributed by atoms with E-state index in [2.05, 4.69) is 20.4 Å². The molecule has 11 nitrogen and oxygen atoms in total. The predicted octanol–water partition coefficient (Wildman–Crippen LogP) is 1.93. The molecule has 0 radical (unpaired) electrons. The van der Waals surface area contributed by atoms with Gasteiger partial charge in [0, 0.05) is 20.7 Å². The molecule has 2 heterocycles. The fourth-order valence-corrected chi connectivity index (χ4v) is 5.54. The average molecular weight is 491 g/mol. The number of primary sulfonamides is 1. The molecule has 0 aliphatic rings. The molecule has 4 aromatic rings. The van der Waals surface area contributed by atoms with Crippen molar-refractivity contribution in [1.29, 1.82) is 0 Å². The number of rotatable bonds is 7. The minimum atomic E-state index is -4.29. The topological polar surface area (TPSA) is 180 Å². The summed E-state index contributed by atoms with van der Waals surface area (Å²) in [6.45, 7) is 1.84. The number of aromatic nitrogens is 5. The van der Waals surface area contributed by atoms with Crippen LogP contribution in [-0.2, 0) is 21.2 Å². The Kier molecular flexibility index (Phi) is 5.91. The molecule has 4 rings (SSSR count). The van der Waals surface area contributed by atoms with E-state index in [0.717, 1.165) is 4.70 Å². The molecular formula is C18H18N7O4PS2. The van der Waals surface area contributed by atoms with E-state index in [1.807, 2.05) is 18.8 Å². The molecule has 166 valence electrons. The Balaban J connectivity index is 2.09. The number of aliphatic carboxylic acids is 1. The van der Waals surface area contributed by atoms with Crippen LogP contribution in [0.2, 0.25) is 0 Å². The molecule has 0 aliphatic heterocycles. The van der Waals surface area contributed by atoms with Crippen LogP contribution in [0.15, 0.2) is 35.2 Å². The van der Waals surface area contributed by atoms with Crippen molar-refractivity contribution < 1.29 is 18.3 Å². The number of tetrazole rings is 1. The van der Waals surface area contributed by atoms with Gasteiger partial charge in [0.25, 0.3) is 0 Å². The number of hydrogen-bond donors (Lipinski definition) is 3. The summed E-state index contributed by atoms with van der Waals surface area (Å²) in [5, 5.41) is 27.4. The second-order valence-corrected chi connectivity index (χ2v) is 10.2. The number of para-hydroxylation sites is 1. The van der Waals surface area contributed by atoms with Crippen molar-refractivity contribution in [3.8, 4) is 22.5 Å². The molecule has 1 unspecified atom stereocenters. The van der Waals surface area contributed by atoms with Crippen LogP contribution in [0.5, 0.6) is 0 Å². The van der Waals surface area contributed by atoms with Crippen LogP contribution >= 0.6 is 20.1 Å². The highest BCUT2D eigenvalue weighted by Gasteiger charge is 2.28. The Bertz CT molecular complexity index is 1450.